The lowest BCUT2D eigenvalue weighted by atomic mass is 10.2. The summed E-state index contributed by atoms with van der Waals surface area (Å²) in [4.78, 5) is 13.6. The van der Waals surface area contributed by atoms with E-state index in [0.717, 1.165) is 4.90 Å². The molecule has 2 aromatic heterocycles. The maximum atomic E-state index is 12.6. The third-order valence-corrected chi connectivity index (χ3v) is 3.86. The molecule has 2 heterocycles. The zero-order chi connectivity index (χ0) is 21.7. The van der Waals surface area contributed by atoms with Crippen molar-refractivity contribution in [3.8, 4) is 17.3 Å². The molecule has 0 aliphatic carbocycles. The van der Waals surface area contributed by atoms with E-state index in [-0.39, 0.29) is 23.1 Å². The smallest absolute Gasteiger partial charge is 0.294 e. The molecule has 13 nitrogen and oxygen atoms in total. The number of ether oxygens (including phenoxy) is 1. The number of aromatic hydroxyl groups is 1. The van der Waals surface area contributed by atoms with E-state index in [1.54, 1.807) is 12.1 Å². The predicted octanol–water partition coefficient (Wildman–Crippen LogP) is -1.25. The Morgan fingerprint density at radius 3 is 2.90 bits per heavy atom. The minimum atomic E-state index is -0.562. The van der Waals surface area contributed by atoms with Crippen LogP contribution in [-0.2, 0) is 6.54 Å². The number of quaternary nitrogens is 1. The molecule has 13 heteroatoms. The second kappa shape index (κ2) is 9.00. The number of nitrogens with two attached hydrogens (primary N) is 1. The zero-order valence-electron chi connectivity index (χ0n) is 16.7. The predicted molar refractivity (Wildman–Crippen MR) is 104 cm³/mol. The van der Waals surface area contributed by atoms with Crippen LogP contribution in [-0.4, -0.2) is 63.2 Å². The van der Waals surface area contributed by atoms with Gasteiger partial charge in [0.15, 0.2) is 17.2 Å². The van der Waals surface area contributed by atoms with Crippen LogP contribution in [0.2, 0.25) is 0 Å². The molecule has 3 rings (SSSR count). The van der Waals surface area contributed by atoms with Gasteiger partial charge in [0, 0.05) is 0 Å². The number of hydrogen-bond acceptors (Lipinski definition) is 10. The maximum Gasteiger partial charge on any atom is 0.294 e. The molecule has 0 saturated heterocycles. The summed E-state index contributed by atoms with van der Waals surface area (Å²) in [5, 5.41) is 28.8. The molecule has 0 aliphatic heterocycles. The van der Waals surface area contributed by atoms with Gasteiger partial charge in [-0.25, -0.2) is 10.1 Å². The molecular formula is C17H22N9O4+. The number of benzene rings is 1. The Morgan fingerprint density at radius 1 is 1.43 bits per heavy atom. The van der Waals surface area contributed by atoms with Crippen molar-refractivity contribution in [2.45, 2.75) is 13.5 Å². The fourth-order valence-electron chi connectivity index (χ4n) is 2.58. The molecule has 158 valence electrons. The second-order valence-electron chi connectivity index (χ2n) is 6.51. The molecular weight excluding hydrogens is 394 g/mol. The van der Waals surface area contributed by atoms with E-state index in [2.05, 4.69) is 35.8 Å². The van der Waals surface area contributed by atoms with Gasteiger partial charge in [0.25, 0.3) is 5.91 Å². The van der Waals surface area contributed by atoms with Gasteiger partial charge in [-0.15, -0.1) is 5.10 Å². The highest BCUT2D eigenvalue weighted by molar-refractivity contribution is 5.94. The number of phenols is 1. The van der Waals surface area contributed by atoms with Gasteiger partial charge in [-0.1, -0.05) is 5.21 Å². The highest BCUT2D eigenvalue weighted by Gasteiger charge is 2.25. The van der Waals surface area contributed by atoms with Crippen LogP contribution in [0.4, 0.5) is 5.82 Å². The van der Waals surface area contributed by atoms with E-state index in [1.807, 2.05) is 21.0 Å². The summed E-state index contributed by atoms with van der Waals surface area (Å²) in [6, 6.07) is 4.71. The summed E-state index contributed by atoms with van der Waals surface area (Å²) in [5.74, 6) is -0.0448. The number of carbonyl (C=O) groups is 1. The Bertz CT molecular complexity index is 1060. The van der Waals surface area contributed by atoms with Crippen LogP contribution in [0, 0.1) is 0 Å². The molecule has 3 aromatic rings. The standard InChI is InChI=1S/C17H21N9O4/c1-4-29-13-7-10(5-6-12(13)27)8-19-21-17(28)14-11(9-25(2)3)26(24-20-14)16-15(18)22-30-23-16/h5-8,27H,4,9H2,1-3H3,(H2,18,22)(H,21,28)/p+1/b19-8+. The summed E-state index contributed by atoms with van der Waals surface area (Å²) in [7, 11) is 3.81. The first-order valence-electron chi connectivity index (χ1n) is 9.02. The molecule has 5 N–H and O–H groups in total. The van der Waals surface area contributed by atoms with Crippen LogP contribution < -0.4 is 20.8 Å². The fourth-order valence-corrected chi connectivity index (χ4v) is 2.58. The first-order chi connectivity index (χ1) is 14.4. The van der Waals surface area contributed by atoms with Crippen molar-refractivity contribution in [3.63, 3.8) is 0 Å². The van der Waals surface area contributed by atoms with Gasteiger partial charge in [-0.2, -0.15) is 9.78 Å². The first-order valence-corrected chi connectivity index (χ1v) is 9.02. The fraction of sp³-hybridized carbons (Fsp3) is 0.294. The highest BCUT2D eigenvalue weighted by atomic mass is 16.6. The lowest BCUT2D eigenvalue weighted by Gasteiger charge is -2.09. The number of carbonyl (C=O) groups excluding carboxylic acids is 1. The van der Waals surface area contributed by atoms with Crippen LogP contribution in [0.1, 0.15) is 28.7 Å². The van der Waals surface area contributed by atoms with Crippen molar-refractivity contribution >= 4 is 17.9 Å². The Morgan fingerprint density at radius 2 is 2.23 bits per heavy atom. The van der Waals surface area contributed by atoms with Crippen molar-refractivity contribution in [2.24, 2.45) is 5.10 Å². The SMILES string of the molecule is CCOc1cc(/C=N/NC(=O)c2nnn(-c3nonc3N)c2C[NH+](C)C)ccc1O. The number of amides is 1. The third-order valence-electron chi connectivity index (χ3n) is 3.86. The Hall–Kier alpha value is -4.00. The number of hydrazone groups is 1. The normalized spacial score (nSPS) is 11.3. The number of nitrogen functional groups attached to an aromatic ring is 1. The molecule has 30 heavy (non-hydrogen) atoms. The molecule has 0 aliphatic rings. The molecule has 1 amide bonds. The van der Waals surface area contributed by atoms with Crippen LogP contribution >= 0.6 is 0 Å². The lowest BCUT2D eigenvalue weighted by molar-refractivity contribution is -0.873. The Labute approximate surface area is 171 Å². The largest absolute Gasteiger partial charge is 0.504 e. The van der Waals surface area contributed by atoms with Crippen molar-refractivity contribution < 1.29 is 24.2 Å². The van der Waals surface area contributed by atoms with E-state index < -0.39 is 5.91 Å². The summed E-state index contributed by atoms with van der Waals surface area (Å²) < 4.78 is 11.2. The number of phenolic OH excluding ortho intramolecular Hbond substituents is 1. The van der Waals surface area contributed by atoms with Gasteiger partial charge in [-0.05, 0) is 41.0 Å². The molecule has 1 aromatic carbocycles. The van der Waals surface area contributed by atoms with Gasteiger partial charge in [0.1, 0.15) is 12.2 Å². The third kappa shape index (κ3) is 4.52. The van der Waals surface area contributed by atoms with Crippen molar-refractivity contribution in [2.75, 3.05) is 26.4 Å². The zero-order valence-corrected chi connectivity index (χ0v) is 16.7. The number of nitrogens with one attached hydrogen (secondary N) is 2. The first kappa shape index (κ1) is 20.7. The molecule has 0 unspecified atom stereocenters. The molecule has 0 fully saturated rings. The van der Waals surface area contributed by atoms with Gasteiger partial charge in [0.05, 0.1) is 26.9 Å². The van der Waals surface area contributed by atoms with Crippen molar-refractivity contribution in [3.05, 3.63) is 35.2 Å². The van der Waals surface area contributed by atoms with Crippen LogP contribution in [0.3, 0.4) is 0 Å². The minimum Gasteiger partial charge on any atom is -0.504 e. The quantitative estimate of drug-likeness (QED) is 0.258. The Kier molecular flexibility index (Phi) is 6.22. The van der Waals surface area contributed by atoms with E-state index in [4.69, 9.17) is 10.5 Å². The van der Waals surface area contributed by atoms with Gasteiger partial charge < -0.3 is 20.5 Å². The number of aromatic nitrogens is 5. The van der Waals surface area contributed by atoms with Crippen LogP contribution in [0.15, 0.2) is 27.9 Å². The summed E-state index contributed by atoms with van der Waals surface area (Å²) in [6.07, 6.45) is 1.42. The van der Waals surface area contributed by atoms with Gasteiger partial charge >= 0.3 is 0 Å². The van der Waals surface area contributed by atoms with E-state index in [1.165, 1.54) is 17.0 Å². The average molecular weight is 416 g/mol. The van der Waals surface area contributed by atoms with E-state index >= 15 is 0 Å². The lowest BCUT2D eigenvalue weighted by Crippen LogP contribution is -3.04. The van der Waals surface area contributed by atoms with E-state index in [0.29, 0.717) is 30.2 Å². The summed E-state index contributed by atoms with van der Waals surface area (Å²) >= 11 is 0. The van der Waals surface area contributed by atoms with E-state index in [9.17, 15) is 9.90 Å². The van der Waals surface area contributed by atoms with Gasteiger partial charge in [-0.3, -0.25) is 4.79 Å². The topological polar surface area (TPSA) is 171 Å². The monoisotopic (exact) mass is 416 g/mol. The van der Waals surface area contributed by atoms with Crippen LogP contribution in [0.25, 0.3) is 5.82 Å². The molecule has 0 radical (unpaired) electrons. The molecule has 0 saturated carbocycles. The number of rotatable bonds is 8. The highest BCUT2D eigenvalue weighted by Crippen LogP contribution is 2.26. The summed E-state index contributed by atoms with van der Waals surface area (Å²) in [5.41, 5.74) is 9.30. The summed E-state index contributed by atoms with van der Waals surface area (Å²) in [6.45, 7) is 2.62. The second-order valence-corrected chi connectivity index (χ2v) is 6.51. The number of anilines is 1. The average Bonchev–Trinajstić information content (AvgIpc) is 3.29. The Balaban J connectivity index is 1.80. The van der Waals surface area contributed by atoms with Crippen molar-refractivity contribution in [1.29, 1.82) is 0 Å². The number of hydrogen-bond donors (Lipinski definition) is 4. The van der Waals surface area contributed by atoms with Crippen LogP contribution in [0.5, 0.6) is 11.5 Å². The minimum absolute atomic E-state index is 0.0205. The maximum absolute atomic E-state index is 12.6. The van der Waals surface area contributed by atoms with Crippen molar-refractivity contribution in [1.82, 2.24) is 30.7 Å². The molecule has 0 bridgehead atoms. The van der Waals surface area contributed by atoms with Gasteiger partial charge in [0.2, 0.25) is 11.6 Å². The molecule has 0 atom stereocenters. The molecule has 0 spiro atoms. The number of nitrogens with zero attached hydrogens (tertiary/aromatic N) is 6.